The minimum atomic E-state index is -0.719. The number of nitrogens with one attached hydrogen (secondary N) is 1. The van der Waals surface area contributed by atoms with E-state index in [1.54, 1.807) is 4.57 Å². The Morgan fingerprint density at radius 1 is 1.15 bits per heavy atom. The van der Waals surface area contributed by atoms with Gasteiger partial charge < -0.3 is 20.1 Å². The van der Waals surface area contributed by atoms with Crippen molar-refractivity contribution in [3.05, 3.63) is 53.1 Å². The predicted octanol–water partition coefficient (Wildman–Crippen LogP) is 5.54. The number of H-pyrrole nitrogens is 1. The number of imidazole rings is 1. The first-order chi connectivity index (χ1) is 18.9. The summed E-state index contributed by atoms with van der Waals surface area (Å²) in [5.74, 6) is -0.643. The topological polar surface area (TPSA) is 136 Å². The number of aliphatic hydroxyl groups excluding tert-OH is 1. The Morgan fingerprint density at radius 3 is 2.59 bits per heavy atom. The third-order valence-electron chi connectivity index (χ3n) is 7.38. The van der Waals surface area contributed by atoms with Gasteiger partial charge in [-0.05, 0) is 50.5 Å². The number of carbonyl (C=O) groups is 1. The number of hydrogen-bond donors (Lipinski definition) is 3. The first kappa shape index (κ1) is 30.3. The predicted molar refractivity (Wildman–Crippen MR) is 155 cm³/mol. The number of esters is 1. The van der Waals surface area contributed by atoms with Crippen molar-refractivity contribution in [2.45, 2.75) is 103 Å². The standard InChI is InChI=1S/C30H45N5O4/c1-3-4-5-6-7-8-9-10-11-12-13-14-15-16-17-18-26(37)39-20-23-22(2)24(19-25(23)36)35-21-32-27-28(35)33-30(31)34-29(27)38/h7-8,10-11,21,23-25,36H,2-6,9,12-20H2,1H3,(H3,31,33,34,38). The molecule has 0 amide bonds. The maximum Gasteiger partial charge on any atom is 0.305 e. The van der Waals surface area contributed by atoms with Gasteiger partial charge in [-0.1, -0.05) is 69.9 Å². The first-order valence-electron chi connectivity index (χ1n) is 14.5. The molecule has 0 bridgehead atoms. The van der Waals surface area contributed by atoms with E-state index in [-0.39, 0.29) is 36.0 Å². The molecule has 3 rings (SSSR count). The van der Waals surface area contributed by atoms with Crippen LogP contribution >= 0.6 is 0 Å². The number of ether oxygens (including phenoxy) is 1. The van der Waals surface area contributed by atoms with Gasteiger partial charge in [-0.3, -0.25) is 14.6 Å². The lowest BCUT2D eigenvalue weighted by Gasteiger charge is -2.17. The van der Waals surface area contributed by atoms with Crippen LogP contribution in [0.3, 0.4) is 0 Å². The Morgan fingerprint density at radius 2 is 1.85 bits per heavy atom. The maximum absolute atomic E-state index is 12.3. The molecule has 1 fully saturated rings. The van der Waals surface area contributed by atoms with E-state index >= 15 is 0 Å². The molecule has 2 aromatic rings. The van der Waals surface area contributed by atoms with E-state index < -0.39 is 11.7 Å². The van der Waals surface area contributed by atoms with Crippen molar-refractivity contribution in [3.8, 4) is 0 Å². The summed E-state index contributed by atoms with van der Waals surface area (Å²) >= 11 is 0. The second-order valence-corrected chi connectivity index (χ2v) is 10.4. The molecule has 214 valence electrons. The number of nitrogens with two attached hydrogens (primary N) is 1. The number of aromatic nitrogens is 4. The molecule has 0 saturated heterocycles. The highest BCUT2D eigenvalue weighted by Gasteiger charge is 2.39. The van der Waals surface area contributed by atoms with Crippen molar-refractivity contribution in [1.82, 2.24) is 19.5 Å². The molecule has 2 aromatic heterocycles. The molecule has 39 heavy (non-hydrogen) atoms. The highest BCUT2D eigenvalue weighted by molar-refractivity contribution is 5.71. The minimum Gasteiger partial charge on any atom is -0.465 e. The van der Waals surface area contributed by atoms with E-state index in [1.165, 1.54) is 38.4 Å². The summed E-state index contributed by atoms with van der Waals surface area (Å²) < 4.78 is 7.19. The minimum absolute atomic E-state index is 0.00260. The number of aliphatic hydroxyl groups is 1. The SMILES string of the molecule is C=C1C(COC(=O)CCCCCCCC=CCC=CCCCCC)C(O)CC1n1cnc2c(=O)[nH]c(N)nc21. The van der Waals surface area contributed by atoms with Crippen LogP contribution in [0.25, 0.3) is 11.2 Å². The largest absolute Gasteiger partial charge is 0.465 e. The monoisotopic (exact) mass is 539 g/mol. The van der Waals surface area contributed by atoms with E-state index in [4.69, 9.17) is 10.5 Å². The van der Waals surface area contributed by atoms with Crippen LogP contribution in [-0.2, 0) is 9.53 Å². The summed E-state index contributed by atoms with van der Waals surface area (Å²) in [6, 6.07) is -0.315. The van der Waals surface area contributed by atoms with E-state index in [0.29, 0.717) is 24.1 Å². The fourth-order valence-corrected chi connectivity index (χ4v) is 5.06. The van der Waals surface area contributed by atoms with Crippen LogP contribution < -0.4 is 11.3 Å². The molecule has 0 aromatic carbocycles. The second-order valence-electron chi connectivity index (χ2n) is 10.4. The Bertz CT molecular complexity index is 1180. The van der Waals surface area contributed by atoms with E-state index in [2.05, 4.69) is 52.8 Å². The second kappa shape index (κ2) is 16.0. The molecule has 1 saturated carbocycles. The number of rotatable bonds is 17. The number of nitrogen functional groups attached to an aromatic ring is 1. The lowest BCUT2D eigenvalue weighted by molar-refractivity contribution is -0.145. The van der Waals surface area contributed by atoms with E-state index in [9.17, 15) is 14.7 Å². The van der Waals surface area contributed by atoms with Crippen molar-refractivity contribution in [3.63, 3.8) is 0 Å². The van der Waals surface area contributed by atoms with Gasteiger partial charge in [-0.25, -0.2) is 4.98 Å². The molecule has 1 aliphatic rings. The number of aromatic amines is 1. The van der Waals surface area contributed by atoms with Crippen molar-refractivity contribution < 1.29 is 14.6 Å². The Hall–Kier alpha value is -3.20. The van der Waals surface area contributed by atoms with Gasteiger partial charge in [0.05, 0.1) is 18.5 Å². The molecule has 1 aliphatic carbocycles. The van der Waals surface area contributed by atoms with Gasteiger partial charge in [0, 0.05) is 12.3 Å². The van der Waals surface area contributed by atoms with Gasteiger partial charge in [-0.15, -0.1) is 0 Å². The number of unbranched alkanes of at least 4 members (excludes halogenated alkanes) is 8. The van der Waals surface area contributed by atoms with Gasteiger partial charge >= 0.3 is 5.97 Å². The molecule has 0 aliphatic heterocycles. The number of carbonyl (C=O) groups excluding carboxylic acids is 1. The average Bonchev–Trinajstić information content (AvgIpc) is 3.45. The molecule has 3 unspecified atom stereocenters. The zero-order valence-corrected chi connectivity index (χ0v) is 23.3. The zero-order valence-electron chi connectivity index (χ0n) is 23.3. The maximum atomic E-state index is 12.3. The Kier molecular flexibility index (Phi) is 12.5. The van der Waals surface area contributed by atoms with Crippen molar-refractivity contribution >= 4 is 23.1 Å². The van der Waals surface area contributed by atoms with Crippen molar-refractivity contribution in [1.29, 1.82) is 0 Å². The molecular formula is C30H45N5O4. The molecule has 4 N–H and O–H groups in total. The Labute approximate surface area is 231 Å². The van der Waals surface area contributed by atoms with E-state index in [0.717, 1.165) is 38.5 Å². The molecule has 9 heteroatoms. The number of hydrogen-bond acceptors (Lipinski definition) is 7. The lowest BCUT2D eigenvalue weighted by Crippen LogP contribution is -2.22. The summed E-state index contributed by atoms with van der Waals surface area (Å²) in [4.78, 5) is 35.1. The number of anilines is 1. The highest BCUT2D eigenvalue weighted by Crippen LogP contribution is 2.40. The van der Waals surface area contributed by atoms with Gasteiger partial charge in [0.1, 0.15) is 6.61 Å². The summed E-state index contributed by atoms with van der Waals surface area (Å²) in [6.07, 6.45) is 23.0. The fourth-order valence-electron chi connectivity index (χ4n) is 5.06. The number of nitrogens with zero attached hydrogens (tertiary/aromatic N) is 3. The van der Waals surface area contributed by atoms with Crippen molar-refractivity contribution in [2.75, 3.05) is 12.3 Å². The van der Waals surface area contributed by atoms with E-state index in [1.807, 2.05) is 0 Å². The van der Waals surface area contributed by atoms with Gasteiger partial charge in [-0.2, -0.15) is 4.98 Å². The van der Waals surface area contributed by atoms with Crippen LogP contribution in [0.1, 0.15) is 96.4 Å². The third-order valence-corrected chi connectivity index (χ3v) is 7.38. The molecular weight excluding hydrogens is 494 g/mol. The van der Waals surface area contributed by atoms with Crippen LogP contribution in [0, 0.1) is 5.92 Å². The summed E-state index contributed by atoms with van der Waals surface area (Å²) in [7, 11) is 0. The molecule has 2 heterocycles. The summed E-state index contributed by atoms with van der Waals surface area (Å²) in [5.41, 5.74) is 6.51. The van der Waals surface area contributed by atoms with Gasteiger partial charge in [0.15, 0.2) is 11.2 Å². The van der Waals surface area contributed by atoms with Crippen LogP contribution in [-0.4, -0.2) is 43.3 Å². The van der Waals surface area contributed by atoms with Gasteiger partial charge in [0.2, 0.25) is 5.95 Å². The van der Waals surface area contributed by atoms with Gasteiger partial charge in [0.25, 0.3) is 5.56 Å². The summed E-state index contributed by atoms with van der Waals surface area (Å²) in [6.45, 7) is 6.46. The lowest BCUT2D eigenvalue weighted by atomic mass is 10.0. The fraction of sp³-hybridized carbons (Fsp3) is 0.600. The first-order valence-corrected chi connectivity index (χ1v) is 14.5. The summed E-state index contributed by atoms with van der Waals surface area (Å²) in [5, 5.41) is 10.6. The molecule has 9 nitrogen and oxygen atoms in total. The van der Waals surface area contributed by atoms with Crippen molar-refractivity contribution in [2.24, 2.45) is 5.92 Å². The molecule has 3 atom stereocenters. The smallest absolute Gasteiger partial charge is 0.305 e. The third kappa shape index (κ3) is 9.20. The number of fused-ring (bicyclic) bond motifs is 1. The Balaban J connectivity index is 1.28. The van der Waals surface area contributed by atoms with Crippen LogP contribution in [0.2, 0.25) is 0 Å². The molecule has 0 spiro atoms. The van der Waals surface area contributed by atoms with Crippen LogP contribution in [0.4, 0.5) is 5.95 Å². The van der Waals surface area contributed by atoms with Crippen LogP contribution in [0.5, 0.6) is 0 Å². The number of allylic oxidation sites excluding steroid dienone is 4. The zero-order chi connectivity index (χ0) is 28.0. The quantitative estimate of drug-likeness (QED) is 0.136. The molecule has 0 radical (unpaired) electrons. The highest BCUT2D eigenvalue weighted by atomic mass is 16.5. The van der Waals surface area contributed by atoms with Crippen LogP contribution in [0.15, 0.2) is 47.6 Å². The normalized spacial score (nSPS) is 19.6. The average molecular weight is 540 g/mol.